The van der Waals surface area contributed by atoms with Gasteiger partial charge in [-0.15, -0.1) is 8.98 Å². The molecule has 0 atom stereocenters. The van der Waals surface area contributed by atoms with Crippen LogP contribution in [0.15, 0.2) is 35.5 Å². The van der Waals surface area contributed by atoms with Gasteiger partial charge >= 0.3 is 10.2 Å². The zero-order chi connectivity index (χ0) is 10.9. The zero-order valence-corrected chi connectivity index (χ0v) is 8.09. The predicted octanol–water partition coefficient (Wildman–Crippen LogP) is 0.320. The third-order valence-corrected chi connectivity index (χ3v) is 2.53. The molecule has 8 heteroatoms. The van der Waals surface area contributed by atoms with Crippen LogP contribution in [-0.2, 0) is 10.2 Å². The highest BCUT2D eigenvalue weighted by molar-refractivity contribution is 7.86. The topological polar surface area (TPSA) is 77.7 Å². The van der Waals surface area contributed by atoms with E-state index in [1.165, 1.54) is 17.1 Å². The summed E-state index contributed by atoms with van der Waals surface area (Å²) in [6, 6.07) is 5.27. The normalized spacial score (nSPS) is 11.5. The highest BCUT2D eigenvalue weighted by Gasteiger charge is 2.12. The monoisotopic (exact) mass is 228 g/mol. The third kappa shape index (κ3) is 1.99. The lowest BCUT2D eigenvalue weighted by molar-refractivity contribution is 0.552. The molecule has 0 aliphatic rings. The summed E-state index contributed by atoms with van der Waals surface area (Å²) in [5.74, 6) is 0. The second-order valence-electron chi connectivity index (χ2n) is 2.69. The van der Waals surface area contributed by atoms with Crippen molar-refractivity contribution in [3.63, 3.8) is 0 Å². The number of tetrazole rings is 1. The van der Waals surface area contributed by atoms with Gasteiger partial charge in [-0.3, -0.25) is 0 Å². The molecule has 0 spiro atoms. The van der Waals surface area contributed by atoms with Gasteiger partial charge in [-0.1, -0.05) is 6.07 Å². The number of benzene rings is 1. The van der Waals surface area contributed by atoms with E-state index in [1.54, 1.807) is 6.07 Å². The molecule has 1 heterocycles. The fourth-order valence-corrected chi connectivity index (χ4v) is 1.56. The summed E-state index contributed by atoms with van der Waals surface area (Å²) in [6.07, 6.45) is 1.28. The van der Waals surface area contributed by atoms with Crippen LogP contribution in [-0.4, -0.2) is 28.6 Å². The van der Waals surface area contributed by atoms with Crippen molar-refractivity contribution in [3.05, 3.63) is 30.6 Å². The second-order valence-corrected chi connectivity index (χ2v) is 4.04. The summed E-state index contributed by atoms with van der Waals surface area (Å²) in [5, 5.41) is 10.3. The summed E-state index contributed by atoms with van der Waals surface area (Å²) >= 11 is 0. The maximum absolute atomic E-state index is 12.7. The smallest absolute Gasteiger partial charge is 0.201 e. The lowest BCUT2D eigenvalue weighted by Gasteiger charge is -2.00. The molecular weight excluding hydrogens is 223 g/mol. The van der Waals surface area contributed by atoms with E-state index >= 15 is 0 Å². The van der Waals surface area contributed by atoms with Crippen LogP contribution in [0.5, 0.6) is 0 Å². The van der Waals surface area contributed by atoms with Gasteiger partial charge in [0.15, 0.2) is 0 Å². The second kappa shape index (κ2) is 3.39. The Morgan fingerprint density at radius 3 is 2.73 bits per heavy atom. The van der Waals surface area contributed by atoms with Gasteiger partial charge in [0.25, 0.3) is 0 Å². The van der Waals surface area contributed by atoms with Crippen LogP contribution in [0.1, 0.15) is 0 Å². The molecule has 1 aromatic heterocycles. The summed E-state index contributed by atoms with van der Waals surface area (Å²) in [5.41, 5.74) is 0.374. The minimum atomic E-state index is -4.70. The van der Waals surface area contributed by atoms with Crippen LogP contribution < -0.4 is 0 Å². The van der Waals surface area contributed by atoms with E-state index in [1.807, 2.05) is 0 Å². The fraction of sp³-hybridized carbons (Fsp3) is 0. The molecule has 0 N–H and O–H groups in total. The first kappa shape index (κ1) is 9.71. The SMILES string of the molecule is O=S(=O)(F)c1cccc(-n2cnnn2)c1. The molecule has 0 aliphatic carbocycles. The highest BCUT2D eigenvalue weighted by Crippen LogP contribution is 2.15. The maximum atomic E-state index is 12.7. The molecule has 1 aromatic carbocycles. The van der Waals surface area contributed by atoms with Crippen molar-refractivity contribution in [3.8, 4) is 5.69 Å². The first-order chi connectivity index (χ1) is 7.07. The fourth-order valence-electron chi connectivity index (χ4n) is 1.06. The Morgan fingerprint density at radius 2 is 2.13 bits per heavy atom. The molecule has 0 saturated carbocycles. The largest absolute Gasteiger partial charge is 0.332 e. The number of hydrogen-bond acceptors (Lipinski definition) is 5. The highest BCUT2D eigenvalue weighted by atomic mass is 32.3. The van der Waals surface area contributed by atoms with Gasteiger partial charge in [-0.2, -0.15) is 8.42 Å². The van der Waals surface area contributed by atoms with Crippen molar-refractivity contribution >= 4 is 10.2 Å². The summed E-state index contributed by atoms with van der Waals surface area (Å²) in [6.45, 7) is 0. The summed E-state index contributed by atoms with van der Waals surface area (Å²) < 4.78 is 35.1. The summed E-state index contributed by atoms with van der Waals surface area (Å²) in [7, 11) is -4.70. The molecule has 0 unspecified atom stereocenters. The van der Waals surface area contributed by atoms with Crippen molar-refractivity contribution in [1.82, 2.24) is 20.2 Å². The van der Waals surface area contributed by atoms with Crippen LogP contribution in [0, 0.1) is 0 Å². The average molecular weight is 228 g/mol. The quantitative estimate of drug-likeness (QED) is 0.692. The first-order valence-corrected chi connectivity index (χ1v) is 5.24. The van der Waals surface area contributed by atoms with E-state index in [0.29, 0.717) is 5.69 Å². The number of halogens is 1. The predicted molar refractivity (Wildman–Crippen MR) is 47.4 cm³/mol. The van der Waals surface area contributed by atoms with Gasteiger partial charge in [-0.05, 0) is 28.6 Å². The molecule has 0 fully saturated rings. The molecule has 2 aromatic rings. The Kier molecular flexibility index (Phi) is 2.19. The van der Waals surface area contributed by atoms with Crippen LogP contribution in [0.3, 0.4) is 0 Å². The molecular formula is C7H5FN4O2S. The van der Waals surface area contributed by atoms with E-state index in [4.69, 9.17) is 0 Å². The van der Waals surface area contributed by atoms with Crippen molar-refractivity contribution in [2.24, 2.45) is 0 Å². The van der Waals surface area contributed by atoms with Gasteiger partial charge in [0, 0.05) is 0 Å². The zero-order valence-electron chi connectivity index (χ0n) is 7.28. The third-order valence-electron chi connectivity index (χ3n) is 1.71. The Bertz CT molecular complexity index is 566. The lowest BCUT2D eigenvalue weighted by atomic mass is 10.3. The van der Waals surface area contributed by atoms with Crippen LogP contribution in [0.25, 0.3) is 5.69 Å². The van der Waals surface area contributed by atoms with Crippen molar-refractivity contribution < 1.29 is 12.3 Å². The average Bonchev–Trinajstić information content (AvgIpc) is 2.69. The van der Waals surface area contributed by atoms with Gasteiger partial charge in [-0.25, -0.2) is 4.68 Å². The van der Waals surface area contributed by atoms with Gasteiger partial charge in [0.05, 0.1) is 5.69 Å². The molecule has 0 amide bonds. The Hall–Kier alpha value is -1.83. The van der Waals surface area contributed by atoms with Crippen LogP contribution in [0.2, 0.25) is 0 Å². The maximum Gasteiger partial charge on any atom is 0.332 e. The van der Waals surface area contributed by atoms with E-state index in [9.17, 15) is 12.3 Å². The van der Waals surface area contributed by atoms with Crippen molar-refractivity contribution in [1.29, 1.82) is 0 Å². The van der Waals surface area contributed by atoms with Gasteiger partial charge in [0.1, 0.15) is 11.2 Å². The van der Waals surface area contributed by atoms with Gasteiger partial charge < -0.3 is 0 Å². The van der Waals surface area contributed by atoms with Crippen LogP contribution in [0.4, 0.5) is 3.89 Å². The first-order valence-electron chi connectivity index (χ1n) is 3.85. The Balaban J connectivity index is 2.53. The minimum absolute atomic E-state index is 0.374. The van der Waals surface area contributed by atoms with Crippen LogP contribution >= 0.6 is 0 Å². The lowest BCUT2D eigenvalue weighted by Crippen LogP contribution is -1.98. The van der Waals surface area contributed by atoms with E-state index in [2.05, 4.69) is 15.5 Å². The number of nitrogens with zero attached hydrogens (tertiary/aromatic N) is 4. The number of rotatable bonds is 2. The van der Waals surface area contributed by atoms with E-state index in [0.717, 1.165) is 12.1 Å². The van der Waals surface area contributed by atoms with Crippen molar-refractivity contribution in [2.45, 2.75) is 4.90 Å². The Labute approximate surface area is 84.6 Å². The molecule has 0 bridgehead atoms. The number of hydrogen-bond donors (Lipinski definition) is 0. The molecule has 15 heavy (non-hydrogen) atoms. The molecule has 0 saturated heterocycles. The molecule has 0 radical (unpaired) electrons. The molecule has 2 rings (SSSR count). The number of aromatic nitrogens is 4. The van der Waals surface area contributed by atoms with E-state index in [-0.39, 0.29) is 0 Å². The molecule has 6 nitrogen and oxygen atoms in total. The molecule has 0 aliphatic heterocycles. The van der Waals surface area contributed by atoms with E-state index < -0.39 is 15.1 Å². The molecule has 78 valence electrons. The minimum Gasteiger partial charge on any atom is -0.201 e. The summed E-state index contributed by atoms with van der Waals surface area (Å²) in [4.78, 5) is -0.421. The Morgan fingerprint density at radius 1 is 1.33 bits per heavy atom. The standard InChI is InChI=1S/C7H5FN4O2S/c8-15(13,14)7-3-1-2-6(4-7)12-5-9-10-11-12/h1-5H. The van der Waals surface area contributed by atoms with Crippen molar-refractivity contribution in [2.75, 3.05) is 0 Å². The van der Waals surface area contributed by atoms with Gasteiger partial charge in [0.2, 0.25) is 0 Å².